The van der Waals surface area contributed by atoms with E-state index in [4.69, 9.17) is 18.9 Å². The van der Waals surface area contributed by atoms with E-state index in [0.29, 0.717) is 12.8 Å². The van der Waals surface area contributed by atoms with E-state index in [-0.39, 0.29) is 26.1 Å². The summed E-state index contributed by atoms with van der Waals surface area (Å²) >= 11 is 0. The minimum absolute atomic E-state index is 0.212. The number of unbranched alkanes of at least 4 members (excludes halogenated alkanes) is 23. The Labute approximate surface area is 346 Å². The third-order valence-electron chi connectivity index (χ3n) is 10.6. The van der Waals surface area contributed by atoms with Gasteiger partial charge in [0.15, 0.2) is 12.4 Å². The first-order chi connectivity index (χ1) is 27.8. The van der Waals surface area contributed by atoms with Gasteiger partial charge in [-0.3, -0.25) is 9.59 Å². The summed E-state index contributed by atoms with van der Waals surface area (Å²) < 4.78 is 22.1. The monoisotopic (exact) mass is 809 g/mol. The van der Waals surface area contributed by atoms with E-state index in [0.717, 1.165) is 44.9 Å². The number of aliphatic hydroxyl groups excluding tert-OH is 4. The number of ether oxygens (including phenoxy) is 4. The Hall–Kier alpha value is -2.08. The van der Waals surface area contributed by atoms with Gasteiger partial charge >= 0.3 is 11.9 Å². The number of rotatable bonds is 39. The van der Waals surface area contributed by atoms with Gasteiger partial charge in [0, 0.05) is 12.8 Å². The van der Waals surface area contributed by atoms with Crippen LogP contribution in [0.5, 0.6) is 0 Å². The fourth-order valence-corrected chi connectivity index (χ4v) is 6.97. The van der Waals surface area contributed by atoms with E-state index in [9.17, 15) is 30.0 Å². The maximum atomic E-state index is 12.8. The SMILES string of the molecule is C=CCCCCCCCCCCCCCCCC(=O)O[C@@H](COC(=O)CCC/C=C/C/C=C/CCCCCCCCCCC)CO[C@H]1O[C@@H](CO)[C@@H](O)C(O)C1O. The van der Waals surface area contributed by atoms with Crippen molar-refractivity contribution in [3.63, 3.8) is 0 Å². The summed E-state index contributed by atoms with van der Waals surface area (Å²) in [6.07, 6.45) is 34.8. The smallest absolute Gasteiger partial charge is 0.306 e. The lowest BCUT2D eigenvalue weighted by Crippen LogP contribution is -2.59. The number of esters is 2. The molecule has 1 rings (SSSR count). The van der Waals surface area contributed by atoms with Crippen LogP contribution in [0.3, 0.4) is 0 Å². The molecule has 1 saturated heterocycles. The first kappa shape index (κ1) is 52.9. The topological polar surface area (TPSA) is 152 Å². The standard InChI is InChI=1S/C47H84O10/c1-3-5-7-9-11-13-15-17-19-20-22-23-25-27-29-31-33-35-42(49)54-38-40(39-55-47-46(53)45(52)44(51)41(37-48)57-47)56-43(50)36-34-32-30-28-26-24-21-18-16-14-12-10-8-6-4-2/h4,22-23,27,29,40-41,44-48,51-53H,2-3,5-21,24-26,28,30-39H2,1H3/b23-22+,29-27+/t40-,41-,44+,45?,46?,47-/m0/s1. The summed E-state index contributed by atoms with van der Waals surface area (Å²) in [7, 11) is 0. The minimum Gasteiger partial charge on any atom is -0.462 e. The van der Waals surface area contributed by atoms with Crippen molar-refractivity contribution < 1.29 is 49.0 Å². The van der Waals surface area contributed by atoms with E-state index in [1.165, 1.54) is 116 Å². The van der Waals surface area contributed by atoms with E-state index in [2.05, 4.69) is 37.8 Å². The molecule has 0 spiro atoms. The summed E-state index contributed by atoms with van der Waals surface area (Å²) in [6.45, 7) is 4.91. The fraction of sp³-hybridized carbons (Fsp3) is 0.830. The molecule has 0 aromatic rings. The van der Waals surface area contributed by atoms with Crippen LogP contribution in [-0.4, -0.2) is 89.0 Å². The average molecular weight is 809 g/mol. The van der Waals surface area contributed by atoms with Gasteiger partial charge in [0.1, 0.15) is 31.0 Å². The molecule has 0 saturated carbocycles. The minimum atomic E-state index is -1.60. The fourth-order valence-electron chi connectivity index (χ4n) is 6.97. The van der Waals surface area contributed by atoms with Gasteiger partial charge in [0.25, 0.3) is 0 Å². The molecule has 6 atom stereocenters. The molecule has 1 heterocycles. The predicted octanol–water partition coefficient (Wildman–Crippen LogP) is 9.89. The van der Waals surface area contributed by atoms with Crippen LogP contribution < -0.4 is 0 Å². The van der Waals surface area contributed by atoms with Crippen molar-refractivity contribution in [3.8, 4) is 0 Å². The summed E-state index contributed by atoms with van der Waals surface area (Å²) in [4.78, 5) is 25.3. The number of hydrogen-bond acceptors (Lipinski definition) is 10. The van der Waals surface area contributed by atoms with E-state index < -0.39 is 55.4 Å². The molecule has 10 heteroatoms. The molecule has 0 amide bonds. The normalized spacial score (nSPS) is 20.3. The second-order valence-corrected chi connectivity index (χ2v) is 15.9. The second-order valence-electron chi connectivity index (χ2n) is 15.9. The quantitative estimate of drug-likeness (QED) is 0.0268. The van der Waals surface area contributed by atoms with Gasteiger partial charge in [-0.05, 0) is 51.4 Å². The lowest BCUT2D eigenvalue weighted by Gasteiger charge is -2.39. The van der Waals surface area contributed by atoms with E-state index in [1.54, 1.807) is 0 Å². The van der Waals surface area contributed by atoms with Gasteiger partial charge in [0.2, 0.25) is 0 Å². The Morgan fingerprint density at radius 2 is 1.09 bits per heavy atom. The van der Waals surface area contributed by atoms with Gasteiger partial charge in [-0.15, -0.1) is 6.58 Å². The maximum absolute atomic E-state index is 12.8. The molecule has 4 N–H and O–H groups in total. The van der Waals surface area contributed by atoms with Gasteiger partial charge in [-0.1, -0.05) is 159 Å². The van der Waals surface area contributed by atoms with E-state index in [1.807, 2.05) is 6.08 Å². The van der Waals surface area contributed by atoms with Crippen molar-refractivity contribution in [2.45, 2.75) is 230 Å². The van der Waals surface area contributed by atoms with Crippen LogP contribution in [0.1, 0.15) is 193 Å². The highest BCUT2D eigenvalue weighted by Gasteiger charge is 2.44. The van der Waals surface area contributed by atoms with Crippen LogP contribution >= 0.6 is 0 Å². The van der Waals surface area contributed by atoms with Crippen LogP contribution in [0.2, 0.25) is 0 Å². The van der Waals surface area contributed by atoms with Crippen molar-refractivity contribution in [2.24, 2.45) is 0 Å². The Kier molecular flexibility index (Phi) is 35.4. The molecule has 332 valence electrons. The predicted molar refractivity (Wildman–Crippen MR) is 229 cm³/mol. The molecule has 0 radical (unpaired) electrons. The first-order valence-corrected chi connectivity index (χ1v) is 23.0. The van der Waals surface area contributed by atoms with E-state index >= 15 is 0 Å². The van der Waals surface area contributed by atoms with Crippen LogP contribution in [0.15, 0.2) is 37.0 Å². The molecular formula is C47H84O10. The zero-order valence-corrected chi connectivity index (χ0v) is 35.9. The molecule has 0 aromatic heterocycles. The van der Waals surface area contributed by atoms with Crippen LogP contribution in [0.4, 0.5) is 0 Å². The molecule has 57 heavy (non-hydrogen) atoms. The molecule has 0 aromatic carbocycles. The Morgan fingerprint density at radius 3 is 1.63 bits per heavy atom. The van der Waals surface area contributed by atoms with Crippen molar-refractivity contribution in [1.29, 1.82) is 0 Å². The van der Waals surface area contributed by atoms with Crippen molar-refractivity contribution in [3.05, 3.63) is 37.0 Å². The van der Waals surface area contributed by atoms with Crippen LogP contribution in [-0.2, 0) is 28.5 Å². The molecular weight excluding hydrogens is 725 g/mol. The molecule has 1 fully saturated rings. The largest absolute Gasteiger partial charge is 0.462 e. The van der Waals surface area contributed by atoms with Crippen molar-refractivity contribution in [1.82, 2.24) is 0 Å². The third-order valence-corrected chi connectivity index (χ3v) is 10.6. The molecule has 2 unspecified atom stereocenters. The lowest BCUT2D eigenvalue weighted by atomic mass is 9.99. The Bertz CT molecular complexity index is 1010. The maximum Gasteiger partial charge on any atom is 0.306 e. The summed E-state index contributed by atoms with van der Waals surface area (Å²) in [5.74, 6) is -0.859. The van der Waals surface area contributed by atoms with Crippen LogP contribution in [0.25, 0.3) is 0 Å². The number of aliphatic hydroxyl groups is 4. The van der Waals surface area contributed by atoms with Crippen molar-refractivity contribution >= 4 is 11.9 Å². The first-order valence-electron chi connectivity index (χ1n) is 23.0. The summed E-state index contributed by atoms with van der Waals surface area (Å²) in [6, 6.07) is 0. The van der Waals surface area contributed by atoms with Crippen LogP contribution in [0, 0.1) is 0 Å². The second kappa shape index (κ2) is 38.1. The Balaban J connectivity index is 2.34. The highest BCUT2D eigenvalue weighted by atomic mass is 16.7. The number of hydrogen-bond donors (Lipinski definition) is 4. The zero-order chi connectivity index (χ0) is 41.6. The molecule has 1 aliphatic heterocycles. The Morgan fingerprint density at radius 1 is 0.596 bits per heavy atom. The molecule has 0 bridgehead atoms. The molecule has 1 aliphatic rings. The highest BCUT2D eigenvalue weighted by molar-refractivity contribution is 5.70. The zero-order valence-electron chi connectivity index (χ0n) is 35.9. The van der Waals surface area contributed by atoms with Gasteiger partial charge in [0.05, 0.1) is 13.2 Å². The van der Waals surface area contributed by atoms with Crippen molar-refractivity contribution in [2.75, 3.05) is 19.8 Å². The summed E-state index contributed by atoms with van der Waals surface area (Å²) in [5.41, 5.74) is 0. The number of allylic oxidation sites excluding steroid dienone is 5. The lowest BCUT2D eigenvalue weighted by molar-refractivity contribution is -0.305. The average Bonchev–Trinajstić information content (AvgIpc) is 3.21. The summed E-state index contributed by atoms with van der Waals surface area (Å²) in [5, 5.41) is 40.1. The van der Waals surface area contributed by atoms with Gasteiger partial charge < -0.3 is 39.4 Å². The van der Waals surface area contributed by atoms with Gasteiger partial charge in [-0.25, -0.2) is 0 Å². The number of carbonyl (C=O) groups is 2. The molecule has 10 nitrogen and oxygen atoms in total. The number of carbonyl (C=O) groups excluding carboxylic acids is 2. The third kappa shape index (κ3) is 29.7. The highest BCUT2D eigenvalue weighted by Crippen LogP contribution is 2.23. The van der Waals surface area contributed by atoms with Gasteiger partial charge in [-0.2, -0.15) is 0 Å². The molecule has 0 aliphatic carbocycles.